The van der Waals surface area contributed by atoms with E-state index in [1.54, 1.807) is 12.1 Å². The van der Waals surface area contributed by atoms with Crippen molar-refractivity contribution in [3.05, 3.63) is 59.7 Å². The number of carbonyl (C=O) groups excluding carboxylic acids is 2. The Balaban J connectivity index is 1.48. The van der Waals surface area contributed by atoms with Crippen molar-refractivity contribution >= 4 is 27.5 Å². The van der Waals surface area contributed by atoms with Gasteiger partial charge in [0.05, 0.1) is 4.90 Å². The smallest absolute Gasteiger partial charge is 0.238 e. The molecular formula is C19H21N3O4S. The highest BCUT2D eigenvalue weighted by Gasteiger charge is 2.26. The molecule has 8 heteroatoms. The monoisotopic (exact) mass is 387 g/mol. The molecule has 1 aliphatic heterocycles. The average Bonchev–Trinajstić information content (AvgIpc) is 2.64. The number of para-hydroxylation sites is 1. The van der Waals surface area contributed by atoms with E-state index in [-0.39, 0.29) is 35.6 Å². The minimum absolute atomic E-state index is 0.0289. The van der Waals surface area contributed by atoms with E-state index in [9.17, 15) is 18.0 Å². The number of hydrogen-bond acceptors (Lipinski definition) is 4. The second-order valence-corrected chi connectivity index (χ2v) is 8.11. The molecule has 0 fully saturated rings. The molecule has 0 saturated heterocycles. The van der Waals surface area contributed by atoms with Gasteiger partial charge in [0.25, 0.3) is 0 Å². The summed E-state index contributed by atoms with van der Waals surface area (Å²) in [6.45, 7) is 0.281. The van der Waals surface area contributed by atoms with Crippen LogP contribution in [0.2, 0.25) is 0 Å². The molecule has 3 rings (SSSR count). The van der Waals surface area contributed by atoms with Crippen LogP contribution in [0.4, 0.5) is 5.69 Å². The third-order valence-corrected chi connectivity index (χ3v) is 5.50. The topological polar surface area (TPSA) is 118 Å². The van der Waals surface area contributed by atoms with Crippen LogP contribution in [0.25, 0.3) is 0 Å². The molecular weight excluding hydrogens is 366 g/mol. The first-order valence-corrected chi connectivity index (χ1v) is 10.1. The zero-order valence-electron chi connectivity index (χ0n) is 14.6. The van der Waals surface area contributed by atoms with Crippen molar-refractivity contribution in [1.29, 1.82) is 0 Å². The summed E-state index contributed by atoms with van der Waals surface area (Å²) in [5.74, 6) is -0.433. The fourth-order valence-corrected chi connectivity index (χ4v) is 3.55. The molecule has 2 aromatic carbocycles. The van der Waals surface area contributed by atoms with Crippen molar-refractivity contribution in [3.8, 4) is 0 Å². The Hall–Kier alpha value is -2.71. The van der Waals surface area contributed by atoms with Gasteiger partial charge in [-0.05, 0) is 42.2 Å². The van der Waals surface area contributed by atoms with Gasteiger partial charge in [0.1, 0.15) is 0 Å². The van der Waals surface area contributed by atoms with Crippen LogP contribution in [0, 0.1) is 5.92 Å². The third kappa shape index (κ3) is 4.93. The van der Waals surface area contributed by atoms with E-state index in [2.05, 4.69) is 10.6 Å². The van der Waals surface area contributed by atoms with Gasteiger partial charge in [-0.3, -0.25) is 9.59 Å². The van der Waals surface area contributed by atoms with E-state index in [4.69, 9.17) is 5.14 Å². The van der Waals surface area contributed by atoms with Crippen molar-refractivity contribution < 1.29 is 18.0 Å². The van der Waals surface area contributed by atoms with Crippen molar-refractivity contribution in [3.63, 3.8) is 0 Å². The number of primary sulfonamides is 1. The number of benzene rings is 2. The van der Waals surface area contributed by atoms with Gasteiger partial charge in [-0.1, -0.05) is 30.3 Å². The van der Waals surface area contributed by atoms with Gasteiger partial charge in [-0.2, -0.15) is 0 Å². The summed E-state index contributed by atoms with van der Waals surface area (Å²) >= 11 is 0. The number of sulfonamides is 1. The molecule has 0 bridgehead atoms. The lowest BCUT2D eigenvalue weighted by Gasteiger charge is -2.24. The zero-order chi connectivity index (χ0) is 19.4. The van der Waals surface area contributed by atoms with Crippen molar-refractivity contribution in [2.75, 3.05) is 5.32 Å². The molecule has 27 heavy (non-hydrogen) atoms. The van der Waals surface area contributed by atoms with Crippen molar-refractivity contribution in [2.45, 2.75) is 30.7 Å². The fourth-order valence-electron chi connectivity index (χ4n) is 3.04. The Morgan fingerprint density at radius 3 is 2.56 bits per heavy atom. The largest absolute Gasteiger partial charge is 0.352 e. The summed E-state index contributed by atoms with van der Waals surface area (Å²) < 4.78 is 22.4. The first kappa shape index (κ1) is 19.1. The number of carbonyl (C=O) groups is 2. The van der Waals surface area contributed by atoms with Crippen LogP contribution in [0.3, 0.4) is 0 Å². The maximum absolute atomic E-state index is 12.2. The third-order valence-electron chi connectivity index (χ3n) is 4.57. The highest BCUT2D eigenvalue weighted by molar-refractivity contribution is 7.89. The summed E-state index contributed by atoms with van der Waals surface area (Å²) in [6, 6.07) is 13.7. The molecule has 1 heterocycles. The van der Waals surface area contributed by atoms with Gasteiger partial charge in [0.15, 0.2) is 0 Å². The zero-order valence-corrected chi connectivity index (χ0v) is 15.5. The van der Waals surface area contributed by atoms with E-state index in [0.717, 1.165) is 16.8 Å². The molecule has 1 atom stereocenters. The first-order valence-electron chi connectivity index (χ1n) is 8.60. The second-order valence-electron chi connectivity index (χ2n) is 6.55. The summed E-state index contributed by atoms with van der Waals surface area (Å²) in [5, 5.41) is 10.7. The maximum Gasteiger partial charge on any atom is 0.238 e. The van der Waals surface area contributed by atoms with E-state index in [1.807, 2.05) is 24.3 Å². The molecule has 0 aliphatic carbocycles. The number of nitrogens with two attached hydrogens (primary N) is 1. The maximum atomic E-state index is 12.2. The molecule has 2 aromatic rings. The Morgan fingerprint density at radius 2 is 1.85 bits per heavy atom. The number of amides is 2. The van der Waals surface area contributed by atoms with E-state index < -0.39 is 10.0 Å². The van der Waals surface area contributed by atoms with Gasteiger partial charge >= 0.3 is 0 Å². The van der Waals surface area contributed by atoms with Gasteiger partial charge in [0.2, 0.25) is 21.8 Å². The quantitative estimate of drug-likeness (QED) is 0.697. The summed E-state index contributed by atoms with van der Waals surface area (Å²) in [4.78, 5) is 24.3. The van der Waals surface area contributed by atoms with E-state index >= 15 is 0 Å². The lowest BCUT2D eigenvalue weighted by molar-refractivity contribution is -0.122. The fraction of sp³-hybridized carbons (Fsp3) is 0.263. The lowest BCUT2D eigenvalue weighted by Crippen LogP contribution is -2.31. The minimum Gasteiger partial charge on any atom is -0.352 e. The molecule has 0 spiro atoms. The summed E-state index contributed by atoms with van der Waals surface area (Å²) in [7, 11) is -3.72. The molecule has 142 valence electrons. The predicted octanol–water partition coefficient (Wildman–Crippen LogP) is 1.54. The van der Waals surface area contributed by atoms with Crippen molar-refractivity contribution in [1.82, 2.24) is 5.32 Å². The molecule has 2 amide bonds. The van der Waals surface area contributed by atoms with Crippen LogP contribution >= 0.6 is 0 Å². The number of fused-ring (bicyclic) bond motifs is 1. The van der Waals surface area contributed by atoms with Gasteiger partial charge in [-0.15, -0.1) is 0 Å². The van der Waals surface area contributed by atoms with Crippen LogP contribution in [0.5, 0.6) is 0 Å². The predicted molar refractivity (Wildman–Crippen MR) is 101 cm³/mol. The Labute approximate surface area is 158 Å². The van der Waals surface area contributed by atoms with Crippen LogP contribution in [-0.2, 0) is 32.6 Å². The summed E-state index contributed by atoms with van der Waals surface area (Å²) in [6.07, 6.45) is 1.34. The van der Waals surface area contributed by atoms with E-state index in [1.165, 1.54) is 12.1 Å². The Bertz CT molecular complexity index is 955. The Kier molecular flexibility index (Phi) is 5.57. The SMILES string of the molecule is NS(=O)(=O)c1ccc(CNC(=O)CCC2Cc3ccccc3NC2=O)cc1. The minimum atomic E-state index is -3.72. The van der Waals surface area contributed by atoms with Crippen molar-refractivity contribution in [2.24, 2.45) is 11.1 Å². The van der Waals surface area contributed by atoms with Gasteiger partial charge < -0.3 is 10.6 Å². The number of anilines is 1. The van der Waals surface area contributed by atoms with Crippen LogP contribution < -0.4 is 15.8 Å². The van der Waals surface area contributed by atoms with Gasteiger partial charge in [0, 0.05) is 24.6 Å². The highest BCUT2D eigenvalue weighted by Crippen LogP contribution is 2.27. The van der Waals surface area contributed by atoms with Crippen LogP contribution in [-0.4, -0.2) is 20.2 Å². The molecule has 7 nitrogen and oxygen atoms in total. The number of nitrogens with one attached hydrogen (secondary N) is 2. The molecule has 0 aromatic heterocycles. The molecule has 4 N–H and O–H groups in total. The highest BCUT2D eigenvalue weighted by atomic mass is 32.2. The standard InChI is InChI=1S/C19H21N3O4S/c20-27(25,26)16-8-5-13(6-9-16)12-21-18(23)10-7-15-11-14-3-1-2-4-17(14)22-19(15)24/h1-6,8-9,15H,7,10-12H2,(H,21,23)(H,22,24)(H2,20,25,26). The summed E-state index contributed by atoms with van der Waals surface area (Å²) in [5.41, 5.74) is 2.68. The van der Waals surface area contributed by atoms with Crippen LogP contribution in [0.15, 0.2) is 53.4 Å². The molecule has 0 radical (unpaired) electrons. The molecule has 1 aliphatic rings. The number of rotatable bonds is 6. The lowest BCUT2D eigenvalue weighted by atomic mass is 9.89. The Morgan fingerprint density at radius 1 is 1.15 bits per heavy atom. The second kappa shape index (κ2) is 7.89. The average molecular weight is 387 g/mol. The van der Waals surface area contributed by atoms with E-state index in [0.29, 0.717) is 12.8 Å². The normalized spacial score (nSPS) is 16.3. The van der Waals surface area contributed by atoms with Gasteiger partial charge in [-0.25, -0.2) is 13.6 Å². The van der Waals surface area contributed by atoms with Crippen LogP contribution in [0.1, 0.15) is 24.0 Å². The first-order chi connectivity index (χ1) is 12.8. The molecule has 1 unspecified atom stereocenters. The molecule has 0 saturated carbocycles. The number of hydrogen-bond donors (Lipinski definition) is 3.